The molecule has 0 heterocycles. The van der Waals surface area contributed by atoms with E-state index in [9.17, 15) is 4.79 Å². The van der Waals surface area contributed by atoms with Gasteiger partial charge in [-0.15, -0.1) is 0 Å². The summed E-state index contributed by atoms with van der Waals surface area (Å²) in [6.07, 6.45) is 0.787. The zero-order valence-electron chi connectivity index (χ0n) is 12.0. The van der Waals surface area contributed by atoms with Crippen molar-refractivity contribution in [3.8, 4) is 5.75 Å². The van der Waals surface area contributed by atoms with Gasteiger partial charge in [0.25, 0.3) is 0 Å². The van der Waals surface area contributed by atoms with E-state index in [0.29, 0.717) is 10.6 Å². The van der Waals surface area contributed by atoms with Crippen LogP contribution in [0.2, 0.25) is 5.02 Å². The minimum atomic E-state index is -0.910. The average molecular weight is 305 g/mol. The molecular formula is C17H17ClO3. The van der Waals surface area contributed by atoms with Gasteiger partial charge in [0.2, 0.25) is 0 Å². The summed E-state index contributed by atoms with van der Waals surface area (Å²) < 4.78 is 5.14. The van der Waals surface area contributed by atoms with Crippen molar-refractivity contribution in [2.75, 3.05) is 7.11 Å². The summed E-state index contributed by atoms with van der Waals surface area (Å²) in [7, 11) is 1.61. The molecule has 0 aromatic heterocycles. The standard InChI is InChI=1S/C17H17ClO3/c1-11(12-3-5-13(6-4-12)17(19)20)9-14-7-8-15(21-2)10-16(14)18/h3-8,10-11H,9H2,1-2H3,(H,19,20). The molecular weight excluding hydrogens is 288 g/mol. The largest absolute Gasteiger partial charge is 0.497 e. The lowest BCUT2D eigenvalue weighted by atomic mass is 9.93. The highest BCUT2D eigenvalue weighted by Crippen LogP contribution is 2.28. The molecule has 0 saturated heterocycles. The first-order chi connectivity index (χ1) is 10.0. The number of benzene rings is 2. The van der Waals surface area contributed by atoms with E-state index in [1.165, 1.54) is 0 Å². The lowest BCUT2D eigenvalue weighted by Gasteiger charge is -2.14. The van der Waals surface area contributed by atoms with Crippen molar-refractivity contribution in [1.29, 1.82) is 0 Å². The number of ether oxygens (including phenoxy) is 1. The highest BCUT2D eigenvalue weighted by molar-refractivity contribution is 6.31. The van der Waals surface area contributed by atoms with Crippen molar-refractivity contribution in [3.63, 3.8) is 0 Å². The van der Waals surface area contributed by atoms with Gasteiger partial charge in [-0.1, -0.05) is 36.7 Å². The molecule has 1 N–H and O–H groups in total. The van der Waals surface area contributed by atoms with Gasteiger partial charge in [0, 0.05) is 5.02 Å². The fourth-order valence-electron chi connectivity index (χ4n) is 2.22. The molecule has 110 valence electrons. The lowest BCUT2D eigenvalue weighted by molar-refractivity contribution is 0.0697. The minimum Gasteiger partial charge on any atom is -0.497 e. The fourth-order valence-corrected chi connectivity index (χ4v) is 2.47. The highest BCUT2D eigenvalue weighted by Gasteiger charge is 2.11. The quantitative estimate of drug-likeness (QED) is 0.891. The van der Waals surface area contributed by atoms with Crippen LogP contribution in [0.15, 0.2) is 42.5 Å². The van der Waals surface area contributed by atoms with E-state index in [-0.39, 0.29) is 5.92 Å². The van der Waals surface area contributed by atoms with Gasteiger partial charge in [-0.2, -0.15) is 0 Å². The molecule has 3 nitrogen and oxygen atoms in total. The Labute approximate surface area is 129 Å². The molecule has 0 fully saturated rings. The number of hydrogen-bond donors (Lipinski definition) is 1. The Kier molecular flexibility index (Phi) is 4.86. The van der Waals surface area contributed by atoms with Crippen molar-refractivity contribution in [2.45, 2.75) is 19.3 Å². The molecule has 0 spiro atoms. The van der Waals surface area contributed by atoms with Crippen molar-refractivity contribution < 1.29 is 14.6 Å². The third kappa shape index (κ3) is 3.76. The van der Waals surface area contributed by atoms with Crippen LogP contribution in [0.25, 0.3) is 0 Å². The Bertz CT molecular complexity index is 635. The molecule has 0 radical (unpaired) electrons. The Morgan fingerprint density at radius 1 is 1.24 bits per heavy atom. The molecule has 1 unspecified atom stereocenters. The van der Waals surface area contributed by atoms with E-state index >= 15 is 0 Å². The van der Waals surface area contributed by atoms with Gasteiger partial charge in [0.05, 0.1) is 12.7 Å². The minimum absolute atomic E-state index is 0.249. The summed E-state index contributed by atoms with van der Waals surface area (Å²) in [5, 5.41) is 9.59. The molecule has 0 saturated carbocycles. The Morgan fingerprint density at radius 2 is 1.90 bits per heavy atom. The topological polar surface area (TPSA) is 46.5 Å². The second-order valence-corrected chi connectivity index (χ2v) is 5.40. The Balaban J connectivity index is 2.13. The number of methoxy groups -OCH3 is 1. The van der Waals surface area contributed by atoms with E-state index in [2.05, 4.69) is 6.92 Å². The molecule has 4 heteroatoms. The van der Waals surface area contributed by atoms with Crippen molar-refractivity contribution in [3.05, 3.63) is 64.2 Å². The third-order valence-electron chi connectivity index (χ3n) is 3.51. The van der Waals surface area contributed by atoms with Crippen LogP contribution in [-0.2, 0) is 6.42 Å². The highest BCUT2D eigenvalue weighted by atomic mass is 35.5. The number of halogens is 1. The zero-order chi connectivity index (χ0) is 15.4. The average Bonchev–Trinajstić information content (AvgIpc) is 2.49. The Hall–Kier alpha value is -2.00. The van der Waals surface area contributed by atoms with Gasteiger partial charge in [-0.3, -0.25) is 0 Å². The summed E-state index contributed by atoms with van der Waals surface area (Å²) in [6, 6.07) is 12.6. The maximum Gasteiger partial charge on any atom is 0.335 e. The van der Waals surface area contributed by atoms with E-state index in [1.807, 2.05) is 24.3 Å². The first-order valence-corrected chi connectivity index (χ1v) is 7.04. The molecule has 0 aliphatic rings. The van der Waals surface area contributed by atoms with Crippen LogP contribution in [0.5, 0.6) is 5.75 Å². The van der Waals surface area contributed by atoms with Crippen LogP contribution in [0.4, 0.5) is 0 Å². The normalized spacial score (nSPS) is 12.0. The molecule has 2 rings (SSSR count). The van der Waals surface area contributed by atoms with E-state index in [0.717, 1.165) is 23.3 Å². The molecule has 0 aliphatic heterocycles. The van der Waals surface area contributed by atoms with Gasteiger partial charge in [0.1, 0.15) is 5.75 Å². The van der Waals surface area contributed by atoms with Gasteiger partial charge < -0.3 is 9.84 Å². The van der Waals surface area contributed by atoms with E-state index in [4.69, 9.17) is 21.4 Å². The SMILES string of the molecule is COc1ccc(CC(C)c2ccc(C(=O)O)cc2)c(Cl)c1. The predicted molar refractivity (Wildman–Crippen MR) is 83.5 cm³/mol. The summed E-state index contributed by atoms with van der Waals surface area (Å²) >= 11 is 6.25. The van der Waals surface area contributed by atoms with Gasteiger partial charge in [0.15, 0.2) is 0 Å². The van der Waals surface area contributed by atoms with Gasteiger partial charge >= 0.3 is 5.97 Å². The zero-order valence-corrected chi connectivity index (χ0v) is 12.7. The third-order valence-corrected chi connectivity index (χ3v) is 3.86. The molecule has 0 aliphatic carbocycles. The number of carbonyl (C=O) groups is 1. The van der Waals surface area contributed by atoms with E-state index in [1.54, 1.807) is 25.3 Å². The number of hydrogen-bond acceptors (Lipinski definition) is 2. The summed E-state index contributed by atoms with van der Waals surface area (Å²) in [6.45, 7) is 2.09. The molecule has 0 amide bonds. The number of rotatable bonds is 5. The second kappa shape index (κ2) is 6.64. The summed E-state index contributed by atoms with van der Waals surface area (Å²) in [5.74, 6) is 0.0772. The van der Waals surface area contributed by atoms with Crippen LogP contribution < -0.4 is 4.74 Å². The number of aromatic carboxylic acids is 1. The number of carboxylic acids is 1. The van der Waals surface area contributed by atoms with Crippen LogP contribution in [0.1, 0.15) is 34.3 Å². The van der Waals surface area contributed by atoms with Gasteiger partial charge in [-0.25, -0.2) is 4.79 Å². The molecule has 1 atom stereocenters. The molecule has 21 heavy (non-hydrogen) atoms. The molecule has 2 aromatic rings. The first kappa shape index (κ1) is 15.4. The van der Waals surface area contributed by atoms with Crippen molar-refractivity contribution >= 4 is 17.6 Å². The molecule has 2 aromatic carbocycles. The van der Waals surface area contributed by atoms with Crippen molar-refractivity contribution in [2.24, 2.45) is 0 Å². The maximum absolute atomic E-state index is 10.8. The van der Waals surface area contributed by atoms with E-state index < -0.39 is 5.97 Å². The Morgan fingerprint density at radius 3 is 2.43 bits per heavy atom. The molecule has 0 bridgehead atoms. The van der Waals surface area contributed by atoms with Crippen LogP contribution in [-0.4, -0.2) is 18.2 Å². The second-order valence-electron chi connectivity index (χ2n) is 4.99. The van der Waals surface area contributed by atoms with Gasteiger partial charge in [-0.05, 0) is 47.7 Å². The predicted octanol–water partition coefficient (Wildman–Crippen LogP) is 4.39. The fraction of sp³-hybridized carbons (Fsp3) is 0.235. The van der Waals surface area contributed by atoms with Crippen LogP contribution >= 0.6 is 11.6 Å². The monoisotopic (exact) mass is 304 g/mol. The van der Waals surface area contributed by atoms with Crippen LogP contribution in [0.3, 0.4) is 0 Å². The number of carboxylic acid groups (broad SMARTS) is 1. The lowest BCUT2D eigenvalue weighted by Crippen LogP contribution is -2.01. The smallest absolute Gasteiger partial charge is 0.335 e. The maximum atomic E-state index is 10.8. The summed E-state index contributed by atoms with van der Waals surface area (Å²) in [5.41, 5.74) is 2.44. The first-order valence-electron chi connectivity index (χ1n) is 6.67. The van der Waals surface area contributed by atoms with Crippen molar-refractivity contribution in [1.82, 2.24) is 0 Å². The summed E-state index contributed by atoms with van der Waals surface area (Å²) in [4.78, 5) is 10.8. The van der Waals surface area contributed by atoms with Crippen LogP contribution in [0, 0.1) is 0 Å².